The van der Waals surface area contributed by atoms with Crippen molar-refractivity contribution in [3.05, 3.63) is 47.7 Å². The molecule has 5 heteroatoms. The van der Waals surface area contributed by atoms with E-state index in [9.17, 15) is 4.39 Å². The fraction of sp³-hybridized carbons (Fsp3) is 0.154. The third-order valence-electron chi connectivity index (χ3n) is 2.95. The first kappa shape index (κ1) is 11.0. The maximum absolute atomic E-state index is 13.2. The Morgan fingerprint density at radius 2 is 2.28 bits per heavy atom. The summed E-state index contributed by atoms with van der Waals surface area (Å²) in [4.78, 5) is 4.34. The molecule has 0 saturated heterocycles. The molecule has 18 heavy (non-hydrogen) atoms. The number of nitrogens with zero attached hydrogens (tertiary/aromatic N) is 2. The SMILES string of the molecule is Cc1cc(-c2cn3c(CN)coc3n2)ccc1F. The van der Waals surface area contributed by atoms with Crippen molar-refractivity contribution in [1.82, 2.24) is 9.38 Å². The van der Waals surface area contributed by atoms with E-state index in [1.165, 1.54) is 6.07 Å². The number of fused-ring (bicyclic) bond motifs is 1. The summed E-state index contributed by atoms with van der Waals surface area (Å²) >= 11 is 0. The van der Waals surface area contributed by atoms with Crippen LogP contribution in [0.25, 0.3) is 17.1 Å². The normalized spacial score (nSPS) is 11.3. The highest BCUT2D eigenvalue weighted by atomic mass is 19.1. The van der Waals surface area contributed by atoms with E-state index in [1.807, 2.05) is 6.20 Å². The van der Waals surface area contributed by atoms with Crippen molar-refractivity contribution in [3.63, 3.8) is 0 Å². The second-order valence-electron chi connectivity index (χ2n) is 4.17. The Morgan fingerprint density at radius 3 is 3.00 bits per heavy atom. The number of aryl methyl sites for hydroxylation is 1. The van der Waals surface area contributed by atoms with Gasteiger partial charge in [-0.3, -0.25) is 4.40 Å². The lowest BCUT2D eigenvalue weighted by Gasteiger charge is -1.99. The fourth-order valence-electron chi connectivity index (χ4n) is 1.92. The molecule has 3 rings (SSSR count). The van der Waals surface area contributed by atoms with E-state index in [2.05, 4.69) is 4.98 Å². The first-order valence-electron chi connectivity index (χ1n) is 5.61. The predicted octanol–water partition coefficient (Wildman–Crippen LogP) is 2.50. The number of nitrogens with two attached hydrogens (primary N) is 1. The van der Waals surface area contributed by atoms with Crippen LogP contribution in [0.3, 0.4) is 0 Å². The highest BCUT2D eigenvalue weighted by Crippen LogP contribution is 2.22. The summed E-state index contributed by atoms with van der Waals surface area (Å²) < 4.78 is 20.3. The van der Waals surface area contributed by atoms with Gasteiger partial charge < -0.3 is 10.2 Å². The first-order valence-corrected chi connectivity index (χ1v) is 5.61. The molecule has 0 aliphatic carbocycles. The van der Waals surface area contributed by atoms with Gasteiger partial charge in [0.1, 0.15) is 12.1 Å². The standard InChI is InChI=1S/C13H12FN3O/c1-8-4-9(2-3-11(8)14)12-6-17-10(5-15)7-18-13(17)16-12/h2-4,6-7H,5,15H2,1H3. The van der Waals surface area contributed by atoms with E-state index in [0.29, 0.717) is 18.0 Å². The van der Waals surface area contributed by atoms with Crippen LogP contribution >= 0.6 is 0 Å². The average Bonchev–Trinajstić information content (AvgIpc) is 2.92. The number of oxazole rings is 1. The van der Waals surface area contributed by atoms with Gasteiger partial charge in [-0.1, -0.05) is 0 Å². The molecule has 0 bridgehead atoms. The van der Waals surface area contributed by atoms with Gasteiger partial charge in [-0.25, -0.2) is 4.39 Å². The molecule has 0 unspecified atom stereocenters. The van der Waals surface area contributed by atoms with Gasteiger partial charge in [-0.15, -0.1) is 0 Å². The third-order valence-corrected chi connectivity index (χ3v) is 2.95. The molecular weight excluding hydrogens is 233 g/mol. The molecule has 2 aromatic heterocycles. The van der Waals surface area contributed by atoms with Crippen LogP contribution in [0.4, 0.5) is 4.39 Å². The van der Waals surface area contributed by atoms with Crippen molar-refractivity contribution in [3.8, 4) is 11.3 Å². The lowest BCUT2D eigenvalue weighted by Crippen LogP contribution is -1.98. The molecule has 3 aromatic rings. The molecular formula is C13H12FN3O. The van der Waals surface area contributed by atoms with E-state index < -0.39 is 0 Å². The van der Waals surface area contributed by atoms with E-state index in [4.69, 9.17) is 10.2 Å². The number of halogens is 1. The topological polar surface area (TPSA) is 56.5 Å². The number of benzene rings is 1. The summed E-state index contributed by atoms with van der Waals surface area (Å²) in [5.74, 6) is 0.275. The molecule has 0 aliphatic heterocycles. The summed E-state index contributed by atoms with van der Waals surface area (Å²) in [6, 6.07) is 4.90. The fourth-order valence-corrected chi connectivity index (χ4v) is 1.92. The Morgan fingerprint density at radius 1 is 1.44 bits per heavy atom. The van der Waals surface area contributed by atoms with Crippen LogP contribution in [0.15, 0.2) is 35.1 Å². The Balaban J connectivity index is 2.13. The van der Waals surface area contributed by atoms with E-state index in [-0.39, 0.29) is 5.82 Å². The quantitative estimate of drug-likeness (QED) is 0.754. The molecule has 0 aliphatic rings. The molecule has 0 spiro atoms. The van der Waals surface area contributed by atoms with Crippen LogP contribution in [0.1, 0.15) is 11.3 Å². The Labute approximate surface area is 103 Å². The van der Waals surface area contributed by atoms with Crippen molar-refractivity contribution in [1.29, 1.82) is 0 Å². The van der Waals surface area contributed by atoms with E-state index in [0.717, 1.165) is 17.0 Å². The number of aromatic nitrogens is 2. The third kappa shape index (κ3) is 1.60. The van der Waals surface area contributed by atoms with Crippen LogP contribution in [0, 0.1) is 12.7 Å². The van der Waals surface area contributed by atoms with Crippen LogP contribution in [0.2, 0.25) is 0 Å². The Kier molecular flexibility index (Phi) is 2.41. The minimum Gasteiger partial charge on any atom is -0.431 e. The monoisotopic (exact) mass is 245 g/mol. The Hall–Kier alpha value is -2.14. The molecule has 0 fully saturated rings. The minimum absolute atomic E-state index is 0.218. The Bertz CT molecular complexity index is 714. The number of hydrogen-bond acceptors (Lipinski definition) is 3. The van der Waals surface area contributed by atoms with Gasteiger partial charge >= 0.3 is 5.84 Å². The predicted molar refractivity (Wildman–Crippen MR) is 65.5 cm³/mol. The van der Waals surface area contributed by atoms with Gasteiger partial charge in [0.15, 0.2) is 0 Å². The van der Waals surface area contributed by atoms with Crippen molar-refractivity contribution >= 4 is 5.84 Å². The average molecular weight is 245 g/mol. The maximum Gasteiger partial charge on any atom is 0.306 e. The molecule has 0 saturated carbocycles. The highest BCUT2D eigenvalue weighted by Gasteiger charge is 2.10. The van der Waals surface area contributed by atoms with Crippen LogP contribution in [0.5, 0.6) is 0 Å². The number of imidazole rings is 1. The zero-order valence-electron chi connectivity index (χ0n) is 9.85. The molecule has 0 amide bonds. The molecule has 1 aromatic carbocycles. The van der Waals surface area contributed by atoms with Gasteiger partial charge in [0.25, 0.3) is 0 Å². The number of rotatable bonds is 2. The summed E-state index contributed by atoms with van der Waals surface area (Å²) in [6.45, 7) is 2.11. The highest BCUT2D eigenvalue weighted by molar-refractivity contribution is 5.62. The van der Waals surface area contributed by atoms with Gasteiger partial charge in [-0.2, -0.15) is 4.98 Å². The first-order chi connectivity index (χ1) is 8.69. The van der Waals surface area contributed by atoms with Crippen molar-refractivity contribution in [2.24, 2.45) is 5.73 Å². The van der Waals surface area contributed by atoms with Gasteiger partial charge in [-0.05, 0) is 30.7 Å². The second kappa shape index (κ2) is 3.96. The van der Waals surface area contributed by atoms with E-state index >= 15 is 0 Å². The van der Waals surface area contributed by atoms with Crippen molar-refractivity contribution in [2.75, 3.05) is 0 Å². The van der Waals surface area contributed by atoms with Crippen LogP contribution in [-0.4, -0.2) is 9.38 Å². The van der Waals surface area contributed by atoms with Crippen molar-refractivity contribution < 1.29 is 8.81 Å². The van der Waals surface area contributed by atoms with Crippen LogP contribution < -0.4 is 5.73 Å². The molecule has 2 heterocycles. The molecule has 4 nitrogen and oxygen atoms in total. The number of hydrogen-bond donors (Lipinski definition) is 1. The minimum atomic E-state index is -0.218. The zero-order valence-corrected chi connectivity index (χ0v) is 9.85. The molecule has 92 valence electrons. The van der Waals surface area contributed by atoms with Gasteiger partial charge in [0.2, 0.25) is 0 Å². The van der Waals surface area contributed by atoms with Crippen molar-refractivity contribution in [2.45, 2.75) is 13.5 Å². The summed E-state index contributed by atoms with van der Waals surface area (Å²) in [5, 5.41) is 0. The summed E-state index contributed by atoms with van der Waals surface area (Å²) in [5.41, 5.74) is 8.64. The molecule has 2 N–H and O–H groups in total. The van der Waals surface area contributed by atoms with Gasteiger partial charge in [0, 0.05) is 18.3 Å². The molecule has 0 radical (unpaired) electrons. The largest absolute Gasteiger partial charge is 0.431 e. The summed E-state index contributed by atoms with van der Waals surface area (Å²) in [7, 11) is 0. The molecule has 0 atom stereocenters. The summed E-state index contributed by atoms with van der Waals surface area (Å²) in [6.07, 6.45) is 3.43. The second-order valence-corrected chi connectivity index (χ2v) is 4.17. The van der Waals surface area contributed by atoms with Crippen LogP contribution in [-0.2, 0) is 6.54 Å². The maximum atomic E-state index is 13.2. The lowest BCUT2D eigenvalue weighted by molar-refractivity contribution is 0.594. The smallest absolute Gasteiger partial charge is 0.306 e. The van der Waals surface area contributed by atoms with E-state index in [1.54, 1.807) is 29.7 Å². The lowest BCUT2D eigenvalue weighted by atomic mass is 10.1. The zero-order chi connectivity index (χ0) is 12.7. The van der Waals surface area contributed by atoms with Gasteiger partial charge in [0.05, 0.1) is 11.4 Å².